The molecule has 0 atom stereocenters. The lowest BCUT2D eigenvalue weighted by atomic mass is 10.1. The van der Waals surface area contributed by atoms with E-state index < -0.39 is 0 Å². The van der Waals surface area contributed by atoms with Gasteiger partial charge in [-0.1, -0.05) is 6.07 Å². The quantitative estimate of drug-likeness (QED) is 0.852. The summed E-state index contributed by atoms with van der Waals surface area (Å²) >= 11 is 1.25. The van der Waals surface area contributed by atoms with E-state index in [2.05, 4.69) is 0 Å². The number of fused-ring (bicyclic) bond motifs is 1. The van der Waals surface area contributed by atoms with Gasteiger partial charge in [-0.3, -0.25) is 4.79 Å². The molecular formula is C15H15FN2O2S. The molecule has 0 spiro atoms. The number of ether oxygens (including phenoxy) is 1. The van der Waals surface area contributed by atoms with Crippen molar-refractivity contribution in [1.82, 2.24) is 4.90 Å². The first-order valence-corrected chi connectivity index (χ1v) is 7.23. The maximum absolute atomic E-state index is 14.0. The number of benzene rings is 1. The Labute approximate surface area is 126 Å². The summed E-state index contributed by atoms with van der Waals surface area (Å²) in [4.78, 5) is 14.4. The summed E-state index contributed by atoms with van der Waals surface area (Å²) in [5.41, 5.74) is 0.574. The second kappa shape index (κ2) is 6.66. The van der Waals surface area contributed by atoms with Crippen molar-refractivity contribution >= 4 is 27.3 Å². The Morgan fingerprint density at radius 2 is 2.29 bits per heavy atom. The predicted octanol–water partition coefficient (Wildman–Crippen LogP) is 3.17. The maximum Gasteiger partial charge on any atom is 0.264 e. The summed E-state index contributed by atoms with van der Waals surface area (Å²) in [6.45, 7) is 0.520. The monoisotopic (exact) mass is 306 g/mol. The topological polar surface area (TPSA) is 53.3 Å². The van der Waals surface area contributed by atoms with E-state index in [0.29, 0.717) is 22.4 Å². The SMILES string of the molecule is COCc1c(C(=O)N(C)CCC#N)sc2cccc(F)c12. The molecule has 6 heteroatoms. The number of hydrogen-bond donors (Lipinski definition) is 0. The molecule has 2 rings (SSSR count). The molecule has 1 amide bonds. The molecule has 0 saturated heterocycles. The van der Waals surface area contributed by atoms with Gasteiger partial charge < -0.3 is 9.64 Å². The normalized spacial score (nSPS) is 10.6. The fraction of sp³-hybridized carbons (Fsp3) is 0.333. The fourth-order valence-electron chi connectivity index (χ4n) is 2.11. The summed E-state index contributed by atoms with van der Waals surface area (Å²) in [6.07, 6.45) is 0.265. The zero-order valence-corrected chi connectivity index (χ0v) is 12.7. The van der Waals surface area contributed by atoms with Crippen LogP contribution in [0.2, 0.25) is 0 Å². The van der Waals surface area contributed by atoms with Gasteiger partial charge in [-0.05, 0) is 12.1 Å². The lowest BCUT2D eigenvalue weighted by molar-refractivity contribution is 0.0798. The first-order chi connectivity index (χ1) is 10.1. The fourth-order valence-corrected chi connectivity index (χ4v) is 3.33. The molecule has 0 aliphatic carbocycles. The van der Waals surface area contributed by atoms with Crippen LogP contribution in [0.15, 0.2) is 18.2 Å². The summed E-state index contributed by atoms with van der Waals surface area (Å²) < 4.78 is 19.9. The third-order valence-corrected chi connectivity index (χ3v) is 4.34. The van der Waals surface area contributed by atoms with Gasteiger partial charge in [0.25, 0.3) is 5.91 Å². The van der Waals surface area contributed by atoms with Crippen molar-refractivity contribution in [1.29, 1.82) is 5.26 Å². The molecule has 0 aliphatic heterocycles. The Morgan fingerprint density at radius 1 is 1.52 bits per heavy atom. The first-order valence-electron chi connectivity index (χ1n) is 6.41. The van der Waals surface area contributed by atoms with Crippen LogP contribution in [0, 0.1) is 17.1 Å². The van der Waals surface area contributed by atoms with Crippen LogP contribution in [-0.2, 0) is 11.3 Å². The van der Waals surface area contributed by atoms with Crippen LogP contribution >= 0.6 is 11.3 Å². The summed E-state index contributed by atoms with van der Waals surface area (Å²) in [6, 6.07) is 6.79. The van der Waals surface area contributed by atoms with Gasteiger partial charge in [0.1, 0.15) is 5.82 Å². The van der Waals surface area contributed by atoms with Gasteiger partial charge in [0.05, 0.1) is 24.0 Å². The van der Waals surface area contributed by atoms with Crippen molar-refractivity contribution in [3.63, 3.8) is 0 Å². The number of carbonyl (C=O) groups is 1. The molecular weight excluding hydrogens is 291 g/mol. The molecule has 21 heavy (non-hydrogen) atoms. The number of amides is 1. The predicted molar refractivity (Wildman–Crippen MR) is 79.7 cm³/mol. The summed E-state index contributed by atoms with van der Waals surface area (Å²) in [5, 5.41) is 9.05. The first kappa shape index (κ1) is 15.4. The molecule has 0 bridgehead atoms. The highest BCUT2D eigenvalue weighted by Gasteiger charge is 2.22. The molecule has 0 fully saturated rings. The molecule has 0 saturated carbocycles. The lowest BCUT2D eigenvalue weighted by Gasteiger charge is -2.15. The molecule has 1 aromatic heterocycles. The minimum Gasteiger partial charge on any atom is -0.380 e. The van der Waals surface area contributed by atoms with E-state index in [9.17, 15) is 9.18 Å². The molecule has 4 nitrogen and oxygen atoms in total. The van der Waals surface area contributed by atoms with Crippen molar-refractivity contribution in [2.24, 2.45) is 0 Å². The zero-order chi connectivity index (χ0) is 15.4. The number of methoxy groups -OCH3 is 1. The van der Waals surface area contributed by atoms with Crippen LogP contribution < -0.4 is 0 Å². The van der Waals surface area contributed by atoms with Crippen LogP contribution in [0.1, 0.15) is 21.7 Å². The van der Waals surface area contributed by atoms with E-state index in [1.165, 1.54) is 29.4 Å². The molecule has 0 N–H and O–H groups in total. The number of thiophene rings is 1. The van der Waals surface area contributed by atoms with Crippen LogP contribution in [0.5, 0.6) is 0 Å². The minimum absolute atomic E-state index is 0.175. The second-order valence-electron chi connectivity index (χ2n) is 4.59. The largest absolute Gasteiger partial charge is 0.380 e. The van der Waals surface area contributed by atoms with Crippen LogP contribution in [0.25, 0.3) is 10.1 Å². The molecule has 1 aromatic carbocycles. The van der Waals surface area contributed by atoms with E-state index in [1.54, 1.807) is 19.2 Å². The van der Waals surface area contributed by atoms with Crippen LogP contribution in [0.3, 0.4) is 0 Å². The Morgan fingerprint density at radius 3 is 2.95 bits per heavy atom. The van der Waals surface area contributed by atoms with E-state index in [-0.39, 0.29) is 24.8 Å². The Kier molecular flexibility index (Phi) is 4.89. The van der Waals surface area contributed by atoms with E-state index in [0.717, 1.165) is 4.70 Å². The van der Waals surface area contributed by atoms with Crippen molar-refractivity contribution in [3.8, 4) is 6.07 Å². The number of halogens is 1. The molecule has 0 radical (unpaired) electrons. The average Bonchev–Trinajstić information content (AvgIpc) is 2.84. The molecule has 0 aliphatic rings. The van der Waals surface area contributed by atoms with Crippen LogP contribution in [-0.4, -0.2) is 31.5 Å². The molecule has 110 valence electrons. The third kappa shape index (κ3) is 3.04. The van der Waals surface area contributed by atoms with Crippen molar-refractivity contribution in [2.75, 3.05) is 20.7 Å². The van der Waals surface area contributed by atoms with Gasteiger partial charge in [-0.15, -0.1) is 11.3 Å². The Balaban J connectivity index is 2.48. The van der Waals surface area contributed by atoms with Crippen molar-refractivity contribution in [2.45, 2.75) is 13.0 Å². The smallest absolute Gasteiger partial charge is 0.264 e. The number of nitriles is 1. The highest BCUT2D eigenvalue weighted by atomic mass is 32.1. The highest BCUT2D eigenvalue weighted by Crippen LogP contribution is 2.34. The number of hydrogen-bond acceptors (Lipinski definition) is 4. The van der Waals surface area contributed by atoms with Gasteiger partial charge >= 0.3 is 0 Å². The standard InChI is InChI=1S/C15H15FN2O2S/c1-18(8-4-7-17)15(19)14-10(9-20-2)13-11(16)5-3-6-12(13)21-14/h3,5-6H,4,8-9H2,1-2H3. The maximum atomic E-state index is 14.0. The number of rotatable bonds is 5. The minimum atomic E-state index is -0.352. The van der Waals surface area contributed by atoms with Gasteiger partial charge in [0.2, 0.25) is 0 Å². The Hall–Kier alpha value is -1.97. The summed E-state index contributed by atoms with van der Waals surface area (Å²) in [5.74, 6) is -0.563. The van der Waals surface area contributed by atoms with Gasteiger partial charge in [0.15, 0.2) is 0 Å². The molecule has 1 heterocycles. The van der Waals surface area contributed by atoms with Crippen molar-refractivity contribution < 1.29 is 13.9 Å². The molecule has 2 aromatic rings. The van der Waals surface area contributed by atoms with E-state index in [4.69, 9.17) is 10.00 Å². The highest BCUT2D eigenvalue weighted by molar-refractivity contribution is 7.21. The van der Waals surface area contributed by atoms with E-state index in [1.807, 2.05) is 6.07 Å². The molecule has 0 unspecified atom stereocenters. The van der Waals surface area contributed by atoms with Crippen molar-refractivity contribution in [3.05, 3.63) is 34.5 Å². The number of nitrogens with zero attached hydrogens (tertiary/aromatic N) is 2. The van der Waals surface area contributed by atoms with Gasteiger partial charge in [-0.2, -0.15) is 5.26 Å². The second-order valence-corrected chi connectivity index (χ2v) is 5.64. The van der Waals surface area contributed by atoms with Gasteiger partial charge in [-0.25, -0.2) is 4.39 Å². The average molecular weight is 306 g/mol. The van der Waals surface area contributed by atoms with Crippen LogP contribution in [0.4, 0.5) is 4.39 Å². The van der Waals surface area contributed by atoms with Gasteiger partial charge in [0, 0.05) is 36.4 Å². The third-order valence-electron chi connectivity index (χ3n) is 3.15. The lowest BCUT2D eigenvalue weighted by Crippen LogP contribution is -2.27. The number of carbonyl (C=O) groups excluding carboxylic acids is 1. The zero-order valence-electron chi connectivity index (χ0n) is 11.9. The Bertz CT molecular complexity index is 705. The van der Waals surface area contributed by atoms with E-state index >= 15 is 0 Å². The summed E-state index contributed by atoms with van der Waals surface area (Å²) in [7, 11) is 3.15.